The van der Waals surface area contributed by atoms with Gasteiger partial charge < -0.3 is 20.7 Å². The summed E-state index contributed by atoms with van der Waals surface area (Å²) in [6.07, 6.45) is 1.68. The Kier molecular flexibility index (Phi) is 12.1. The molecule has 0 spiro atoms. The molecule has 3 N–H and O–H groups in total. The van der Waals surface area contributed by atoms with Gasteiger partial charge in [0.2, 0.25) is 5.91 Å². The Hall–Kier alpha value is -5.52. The minimum atomic E-state index is -0.615. The molecule has 1 aromatic heterocycles. The summed E-state index contributed by atoms with van der Waals surface area (Å²) in [5.41, 5.74) is 4.10. The SMILES string of the molecule is CCOC(=O)Cc1csc(NC(=O)C(Sc2ccc(NC(=O)/C(=C/c3ccccc3C)NC(=O)c3ccccc3)cc2)c2ccccc2)n1. The molecule has 0 fully saturated rings. The number of carbonyl (C=O) groups is 4. The van der Waals surface area contributed by atoms with Gasteiger partial charge in [-0.2, -0.15) is 0 Å². The summed E-state index contributed by atoms with van der Waals surface area (Å²) >= 11 is 2.59. The molecule has 3 amide bonds. The van der Waals surface area contributed by atoms with E-state index in [1.807, 2.05) is 79.7 Å². The van der Waals surface area contributed by atoms with Crippen LogP contribution in [0.1, 0.15) is 44.9 Å². The fourth-order valence-electron chi connectivity index (χ4n) is 4.68. The van der Waals surface area contributed by atoms with Gasteiger partial charge in [-0.05, 0) is 73.0 Å². The van der Waals surface area contributed by atoms with Crippen LogP contribution in [-0.4, -0.2) is 35.3 Å². The van der Waals surface area contributed by atoms with Gasteiger partial charge in [-0.25, -0.2) is 4.98 Å². The van der Waals surface area contributed by atoms with Gasteiger partial charge in [0.1, 0.15) is 10.9 Å². The minimum absolute atomic E-state index is 0.0303. The van der Waals surface area contributed by atoms with E-state index in [1.165, 1.54) is 23.1 Å². The largest absolute Gasteiger partial charge is 0.466 e. The predicted molar refractivity (Wildman–Crippen MR) is 194 cm³/mol. The van der Waals surface area contributed by atoms with Crippen molar-refractivity contribution in [3.8, 4) is 0 Å². The number of amides is 3. The van der Waals surface area contributed by atoms with Crippen molar-refractivity contribution in [2.45, 2.75) is 30.4 Å². The molecule has 11 heteroatoms. The molecule has 49 heavy (non-hydrogen) atoms. The molecule has 0 aliphatic rings. The number of nitrogens with one attached hydrogen (secondary N) is 3. The minimum Gasteiger partial charge on any atom is -0.466 e. The second-order valence-corrected chi connectivity index (χ2v) is 12.8. The number of benzene rings is 4. The summed E-state index contributed by atoms with van der Waals surface area (Å²) in [7, 11) is 0. The van der Waals surface area contributed by atoms with E-state index in [9.17, 15) is 19.2 Å². The highest BCUT2D eigenvalue weighted by Crippen LogP contribution is 2.37. The number of carbonyl (C=O) groups excluding carboxylic acids is 4. The number of thioether (sulfide) groups is 1. The lowest BCUT2D eigenvalue weighted by atomic mass is 10.1. The van der Waals surface area contributed by atoms with Gasteiger partial charge in [0.15, 0.2) is 5.13 Å². The Morgan fingerprint density at radius 1 is 0.857 bits per heavy atom. The quantitative estimate of drug-likeness (QED) is 0.0666. The molecule has 0 aliphatic carbocycles. The van der Waals surface area contributed by atoms with Crippen LogP contribution in [0.3, 0.4) is 0 Å². The first-order chi connectivity index (χ1) is 23.8. The van der Waals surface area contributed by atoms with Crippen LogP contribution in [0.4, 0.5) is 10.8 Å². The molecule has 0 saturated heterocycles. The Balaban J connectivity index is 1.30. The van der Waals surface area contributed by atoms with E-state index < -0.39 is 17.1 Å². The van der Waals surface area contributed by atoms with E-state index in [0.29, 0.717) is 22.1 Å². The normalized spacial score (nSPS) is 11.7. The van der Waals surface area contributed by atoms with Crippen molar-refractivity contribution in [1.29, 1.82) is 0 Å². The molecule has 9 nitrogen and oxygen atoms in total. The fraction of sp³-hybridized carbons (Fsp3) is 0.132. The second-order valence-electron chi connectivity index (χ2n) is 10.7. The molecule has 5 rings (SSSR count). The molecule has 4 aromatic carbocycles. The van der Waals surface area contributed by atoms with Crippen LogP contribution in [-0.2, 0) is 25.5 Å². The van der Waals surface area contributed by atoms with Gasteiger partial charge >= 0.3 is 5.97 Å². The Bertz CT molecular complexity index is 1940. The molecule has 1 heterocycles. The second kappa shape index (κ2) is 17.0. The molecule has 0 bridgehead atoms. The number of nitrogens with zero attached hydrogens (tertiary/aromatic N) is 1. The number of hydrogen-bond acceptors (Lipinski definition) is 8. The van der Waals surface area contributed by atoms with Gasteiger partial charge in [0.05, 0.1) is 18.7 Å². The summed E-state index contributed by atoms with van der Waals surface area (Å²) in [4.78, 5) is 57.1. The highest BCUT2D eigenvalue weighted by Gasteiger charge is 2.24. The first kappa shape index (κ1) is 34.8. The first-order valence-electron chi connectivity index (χ1n) is 15.5. The molecule has 0 aliphatic heterocycles. The Morgan fingerprint density at radius 3 is 2.22 bits per heavy atom. The van der Waals surface area contributed by atoms with Gasteiger partial charge in [-0.3, -0.25) is 19.2 Å². The summed E-state index contributed by atoms with van der Waals surface area (Å²) < 4.78 is 4.99. The number of hydrogen-bond donors (Lipinski definition) is 3. The van der Waals surface area contributed by atoms with Gasteiger partial charge in [-0.1, -0.05) is 72.8 Å². The van der Waals surface area contributed by atoms with Crippen molar-refractivity contribution in [2.24, 2.45) is 0 Å². The van der Waals surface area contributed by atoms with Crippen LogP contribution in [0.15, 0.2) is 125 Å². The first-order valence-corrected chi connectivity index (χ1v) is 17.2. The van der Waals surface area contributed by atoms with Crippen molar-refractivity contribution >= 4 is 63.7 Å². The topological polar surface area (TPSA) is 126 Å². The molecule has 1 atom stereocenters. The molecule has 0 radical (unpaired) electrons. The molecule has 1 unspecified atom stereocenters. The van der Waals surface area contributed by atoms with Crippen LogP contribution in [0.2, 0.25) is 0 Å². The Labute approximate surface area is 292 Å². The monoisotopic (exact) mass is 690 g/mol. The maximum Gasteiger partial charge on any atom is 0.311 e. The van der Waals surface area contributed by atoms with Gasteiger partial charge in [-0.15, -0.1) is 23.1 Å². The number of aromatic nitrogens is 1. The zero-order chi connectivity index (χ0) is 34.6. The lowest BCUT2D eigenvalue weighted by Gasteiger charge is -2.17. The lowest BCUT2D eigenvalue weighted by molar-refractivity contribution is -0.142. The van der Waals surface area contributed by atoms with Crippen molar-refractivity contribution < 1.29 is 23.9 Å². The number of rotatable bonds is 13. The summed E-state index contributed by atoms with van der Waals surface area (Å²) in [5.74, 6) is -1.54. The van der Waals surface area contributed by atoms with E-state index in [-0.39, 0.29) is 30.6 Å². The average molecular weight is 691 g/mol. The Morgan fingerprint density at radius 2 is 1.53 bits per heavy atom. The van der Waals surface area contributed by atoms with Crippen LogP contribution in [0.5, 0.6) is 0 Å². The third kappa shape index (κ3) is 9.99. The summed E-state index contributed by atoms with van der Waals surface area (Å²) in [6.45, 7) is 3.96. The van der Waals surface area contributed by atoms with Gasteiger partial charge in [0, 0.05) is 21.5 Å². The van der Waals surface area contributed by atoms with E-state index in [0.717, 1.165) is 21.6 Å². The third-order valence-electron chi connectivity index (χ3n) is 7.14. The van der Waals surface area contributed by atoms with Crippen molar-refractivity contribution in [1.82, 2.24) is 10.3 Å². The number of anilines is 2. The molecular formula is C38H34N4O5S2. The number of thiazole rings is 1. The third-order valence-corrected chi connectivity index (χ3v) is 9.21. The molecule has 0 saturated carbocycles. The van der Waals surface area contributed by atoms with E-state index in [1.54, 1.807) is 54.8 Å². The number of aryl methyl sites for hydroxylation is 1. The fourth-order valence-corrected chi connectivity index (χ4v) is 6.41. The van der Waals surface area contributed by atoms with Gasteiger partial charge in [0.25, 0.3) is 11.8 Å². The molecular weight excluding hydrogens is 657 g/mol. The van der Waals surface area contributed by atoms with E-state index >= 15 is 0 Å². The van der Waals surface area contributed by atoms with Crippen molar-refractivity contribution in [3.63, 3.8) is 0 Å². The average Bonchev–Trinajstić information content (AvgIpc) is 3.55. The van der Waals surface area contributed by atoms with Crippen LogP contribution in [0, 0.1) is 6.92 Å². The molecule has 5 aromatic rings. The smallest absolute Gasteiger partial charge is 0.311 e. The van der Waals surface area contributed by atoms with Crippen LogP contribution in [0.25, 0.3) is 6.08 Å². The maximum absolute atomic E-state index is 13.5. The van der Waals surface area contributed by atoms with Crippen molar-refractivity contribution in [2.75, 3.05) is 17.2 Å². The van der Waals surface area contributed by atoms with E-state index in [2.05, 4.69) is 20.9 Å². The number of ether oxygens (including phenoxy) is 1. The summed E-state index contributed by atoms with van der Waals surface area (Å²) in [5, 5.41) is 10.0. The zero-order valence-corrected chi connectivity index (χ0v) is 28.5. The molecule has 248 valence electrons. The highest BCUT2D eigenvalue weighted by molar-refractivity contribution is 8.00. The van der Waals surface area contributed by atoms with Crippen LogP contribution < -0.4 is 16.0 Å². The lowest BCUT2D eigenvalue weighted by Crippen LogP contribution is -2.30. The standard InChI is InChI=1S/C38H34N4O5S2/c1-3-47-33(43)23-30-24-48-38(40-30)42-37(46)34(26-13-6-4-7-14-26)49-31-20-18-29(19-21-31)39-36(45)32(22-28-17-11-10-12-25(28)2)41-35(44)27-15-8-5-9-16-27/h4-22,24,34H,3,23H2,1-2H3,(H,39,45)(H,41,44)(H,40,42,46)/b32-22-. The highest BCUT2D eigenvalue weighted by atomic mass is 32.2. The number of esters is 1. The summed E-state index contributed by atoms with van der Waals surface area (Å²) in [6, 6.07) is 32.8. The zero-order valence-electron chi connectivity index (χ0n) is 26.8. The predicted octanol–water partition coefficient (Wildman–Crippen LogP) is 7.44. The maximum atomic E-state index is 13.5. The van der Waals surface area contributed by atoms with Crippen molar-refractivity contribution in [3.05, 3.63) is 148 Å². The van der Waals surface area contributed by atoms with Crippen LogP contribution >= 0.6 is 23.1 Å². The van der Waals surface area contributed by atoms with E-state index in [4.69, 9.17) is 4.74 Å².